The normalized spacial score (nSPS) is 10.1. The van der Waals surface area contributed by atoms with Gasteiger partial charge in [0, 0.05) is 20.0 Å². The summed E-state index contributed by atoms with van der Waals surface area (Å²) in [5.74, 6) is 0.0882. The molecule has 0 fully saturated rings. The highest BCUT2D eigenvalue weighted by molar-refractivity contribution is 7.07. The van der Waals surface area contributed by atoms with Crippen molar-refractivity contribution in [3.63, 3.8) is 0 Å². The number of likely N-dealkylation sites (N-methyl/N-ethyl adjacent to an activating group) is 1. The molecular weight excluding hydrogens is 198 g/mol. The molecule has 0 spiro atoms. The number of hydrogen-bond acceptors (Lipinski definition) is 3. The molecule has 0 atom stereocenters. The van der Waals surface area contributed by atoms with E-state index in [2.05, 4.69) is 5.38 Å². The second kappa shape index (κ2) is 5.78. The fourth-order valence-corrected chi connectivity index (χ4v) is 1.85. The van der Waals surface area contributed by atoms with E-state index in [1.807, 2.05) is 11.4 Å². The summed E-state index contributed by atoms with van der Waals surface area (Å²) in [5.41, 5.74) is 1.21. The molecule has 14 heavy (non-hydrogen) atoms. The summed E-state index contributed by atoms with van der Waals surface area (Å²) in [5, 5.41) is 12.7. The largest absolute Gasteiger partial charge is 0.395 e. The third-order valence-electron chi connectivity index (χ3n) is 2.07. The predicted molar refractivity (Wildman–Crippen MR) is 57.4 cm³/mol. The number of nitrogens with zero attached hydrogens (tertiary/aromatic N) is 1. The Morgan fingerprint density at radius 1 is 1.64 bits per heavy atom. The lowest BCUT2D eigenvalue weighted by Crippen LogP contribution is -2.29. The Morgan fingerprint density at radius 3 is 3.00 bits per heavy atom. The minimum Gasteiger partial charge on any atom is -0.395 e. The lowest BCUT2D eigenvalue weighted by molar-refractivity contribution is -0.130. The number of thiophene rings is 1. The number of aliphatic hydroxyl groups is 1. The van der Waals surface area contributed by atoms with E-state index < -0.39 is 0 Å². The van der Waals surface area contributed by atoms with Gasteiger partial charge in [0.25, 0.3) is 0 Å². The molecule has 4 heteroatoms. The van der Waals surface area contributed by atoms with Gasteiger partial charge in [-0.2, -0.15) is 11.3 Å². The van der Waals surface area contributed by atoms with Crippen molar-refractivity contribution in [1.29, 1.82) is 0 Å². The Morgan fingerprint density at radius 2 is 2.43 bits per heavy atom. The monoisotopic (exact) mass is 213 g/mol. The molecule has 0 unspecified atom stereocenters. The molecule has 0 saturated heterocycles. The van der Waals surface area contributed by atoms with E-state index in [-0.39, 0.29) is 12.5 Å². The van der Waals surface area contributed by atoms with Crippen molar-refractivity contribution in [2.75, 3.05) is 20.2 Å². The molecule has 0 radical (unpaired) electrons. The quantitative estimate of drug-likeness (QED) is 0.796. The van der Waals surface area contributed by atoms with Crippen molar-refractivity contribution in [1.82, 2.24) is 4.90 Å². The maximum atomic E-state index is 11.4. The van der Waals surface area contributed by atoms with Crippen LogP contribution in [0.5, 0.6) is 0 Å². The number of amides is 1. The molecule has 1 aromatic rings. The zero-order valence-corrected chi connectivity index (χ0v) is 9.09. The summed E-state index contributed by atoms with van der Waals surface area (Å²) < 4.78 is 0. The van der Waals surface area contributed by atoms with E-state index in [1.165, 1.54) is 5.56 Å². The van der Waals surface area contributed by atoms with Crippen LogP contribution in [0.1, 0.15) is 12.0 Å². The third-order valence-corrected chi connectivity index (χ3v) is 2.80. The molecule has 0 aliphatic carbocycles. The molecule has 1 rings (SSSR count). The average molecular weight is 213 g/mol. The molecule has 0 aromatic carbocycles. The van der Waals surface area contributed by atoms with Crippen LogP contribution in [-0.2, 0) is 11.2 Å². The highest BCUT2D eigenvalue weighted by Crippen LogP contribution is 2.08. The van der Waals surface area contributed by atoms with Crippen molar-refractivity contribution in [3.05, 3.63) is 22.4 Å². The highest BCUT2D eigenvalue weighted by Gasteiger charge is 2.07. The highest BCUT2D eigenvalue weighted by atomic mass is 32.1. The van der Waals surface area contributed by atoms with Gasteiger partial charge >= 0.3 is 0 Å². The fraction of sp³-hybridized carbons (Fsp3) is 0.500. The SMILES string of the molecule is CN(CCO)C(=O)CCc1ccsc1. The molecule has 78 valence electrons. The first kappa shape index (κ1) is 11.2. The summed E-state index contributed by atoms with van der Waals surface area (Å²) in [4.78, 5) is 13.0. The van der Waals surface area contributed by atoms with Crippen LogP contribution < -0.4 is 0 Å². The number of aliphatic hydroxyl groups excluding tert-OH is 1. The first-order chi connectivity index (χ1) is 6.74. The van der Waals surface area contributed by atoms with Gasteiger partial charge in [0.15, 0.2) is 0 Å². The van der Waals surface area contributed by atoms with Crippen molar-refractivity contribution < 1.29 is 9.90 Å². The topological polar surface area (TPSA) is 40.5 Å². The van der Waals surface area contributed by atoms with E-state index in [4.69, 9.17) is 5.11 Å². The molecule has 0 bridgehead atoms. The van der Waals surface area contributed by atoms with E-state index in [0.29, 0.717) is 13.0 Å². The molecule has 0 saturated carbocycles. The Balaban J connectivity index is 2.27. The zero-order valence-electron chi connectivity index (χ0n) is 8.27. The maximum Gasteiger partial charge on any atom is 0.222 e. The van der Waals surface area contributed by atoms with Crippen molar-refractivity contribution in [2.45, 2.75) is 12.8 Å². The zero-order chi connectivity index (χ0) is 10.4. The van der Waals surface area contributed by atoms with Crippen molar-refractivity contribution in [3.8, 4) is 0 Å². The molecule has 1 N–H and O–H groups in total. The second-order valence-electron chi connectivity index (χ2n) is 3.17. The van der Waals surface area contributed by atoms with Gasteiger partial charge in [0.05, 0.1) is 6.61 Å². The Labute approximate surface area is 88.0 Å². The molecule has 3 nitrogen and oxygen atoms in total. The van der Waals surface area contributed by atoms with Gasteiger partial charge in [-0.05, 0) is 28.8 Å². The van der Waals surface area contributed by atoms with Crippen molar-refractivity contribution >= 4 is 17.2 Å². The first-order valence-corrected chi connectivity index (χ1v) is 5.54. The van der Waals surface area contributed by atoms with E-state index in [1.54, 1.807) is 23.3 Å². The van der Waals surface area contributed by atoms with Crippen LogP contribution in [0.2, 0.25) is 0 Å². The van der Waals surface area contributed by atoms with Crippen LogP contribution in [0.4, 0.5) is 0 Å². The van der Waals surface area contributed by atoms with Gasteiger partial charge in [0.2, 0.25) is 5.91 Å². The van der Waals surface area contributed by atoms with Crippen LogP contribution in [0.25, 0.3) is 0 Å². The van der Waals surface area contributed by atoms with Crippen LogP contribution in [-0.4, -0.2) is 36.1 Å². The second-order valence-corrected chi connectivity index (χ2v) is 3.95. The Kier molecular flexibility index (Phi) is 4.62. The minimum atomic E-state index is 0.0285. The molecule has 1 heterocycles. The summed E-state index contributed by atoms with van der Waals surface area (Å²) >= 11 is 1.65. The molecule has 0 aliphatic heterocycles. The summed E-state index contributed by atoms with van der Waals surface area (Å²) in [6.45, 7) is 0.448. The van der Waals surface area contributed by atoms with Gasteiger partial charge in [-0.25, -0.2) is 0 Å². The van der Waals surface area contributed by atoms with E-state index in [0.717, 1.165) is 6.42 Å². The third kappa shape index (κ3) is 3.47. The number of hydrogen-bond donors (Lipinski definition) is 1. The standard InChI is InChI=1S/C10H15NO2S/c1-11(5-6-12)10(13)3-2-9-4-7-14-8-9/h4,7-8,12H,2-3,5-6H2,1H3. The van der Waals surface area contributed by atoms with Gasteiger partial charge < -0.3 is 10.0 Å². The summed E-state index contributed by atoms with van der Waals surface area (Å²) in [6, 6.07) is 2.03. The molecule has 1 aromatic heterocycles. The number of aryl methyl sites for hydroxylation is 1. The smallest absolute Gasteiger partial charge is 0.222 e. The summed E-state index contributed by atoms with van der Waals surface area (Å²) in [7, 11) is 1.71. The summed E-state index contributed by atoms with van der Waals surface area (Å²) in [6.07, 6.45) is 1.31. The van der Waals surface area contributed by atoms with Gasteiger partial charge in [0.1, 0.15) is 0 Å². The van der Waals surface area contributed by atoms with Crippen LogP contribution in [0, 0.1) is 0 Å². The Hall–Kier alpha value is -0.870. The number of carbonyl (C=O) groups is 1. The lowest BCUT2D eigenvalue weighted by Gasteiger charge is -2.14. The average Bonchev–Trinajstić information content (AvgIpc) is 2.67. The van der Waals surface area contributed by atoms with Crippen LogP contribution >= 0.6 is 11.3 Å². The Bertz CT molecular complexity index is 272. The van der Waals surface area contributed by atoms with Gasteiger partial charge in [-0.15, -0.1) is 0 Å². The predicted octanol–water partition coefficient (Wildman–Crippen LogP) is 1.13. The molecular formula is C10H15NO2S. The maximum absolute atomic E-state index is 11.4. The first-order valence-electron chi connectivity index (χ1n) is 4.60. The fourth-order valence-electron chi connectivity index (χ4n) is 1.15. The number of carbonyl (C=O) groups excluding carboxylic acids is 1. The lowest BCUT2D eigenvalue weighted by atomic mass is 10.2. The molecule has 0 aliphatic rings. The van der Waals surface area contributed by atoms with Crippen molar-refractivity contribution in [2.24, 2.45) is 0 Å². The van der Waals surface area contributed by atoms with Crippen LogP contribution in [0.3, 0.4) is 0 Å². The van der Waals surface area contributed by atoms with Crippen LogP contribution in [0.15, 0.2) is 16.8 Å². The molecule has 1 amide bonds. The van der Waals surface area contributed by atoms with Gasteiger partial charge in [-0.3, -0.25) is 4.79 Å². The van der Waals surface area contributed by atoms with Gasteiger partial charge in [-0.1, -0.05) is 0 Å². The number of rotatable bonds is 5. The van der Waals surface area contributed by atoms with E-state index in [9.17, 15) is 4.79 Å². The minimum absolute atomic E-state index is 0.0285. The van der Waals surface area contributed by atoms with E-state index >= 15 is 0 Å².